The lowest BCUT2D eigenvalue weighted by molar-refractivity contribution is 0.0488. The summed E-state index contributed by atoms with van der Waals surface area (Å²) in [7, 11) is 0. The highest BCUT2D eigenvalue weighted by Crippen LogP contribution is 2.29. The van der Waals surface area contributed by atoms with E-state index in [-0.39, 0.29) is 5.82 Å². The summed E-state index contributed by atoms with van der Waals surface area (Å²) in [5.74, 6) is -0.283. The van der Waals surface area contributed by atoms with Crippen LogP contribution in [0.4, 0.5) is 4.39 Å². The summed E-state index contributed by atoms with van der Waals surface area (Å²) >= 11 is 0. The largest absolute Gasteiger partial charge is 0.379 e. The van der Waals surface area contributed by atoms with Gasteiger partial charge in [0.2, 0.25) is 0 Å². The van der Waals surface area contributed by atoms with Gasteiger partial charge in [0.15, 0.2) is 0 Å². The quantitative estimate of drug-likeness (QED) is 0.551. The summed E-state index contributed by atoms with van der Waals surface area (Å²) in [6.07, 6.45) is 3.44. The summed E-state index contributed by atoms with van der Waals surface area (Å²) in [6.45, 7) is 4.80. The zero-order chi connectivity index (χ0) is 18.2. The van der Waals surface area contributed by atoms with Crippen LogP contribution in [0.25, 0.3) is 22.5 Å². The van der Waals surface area contributed by atoms with Gasteiger partial charge in [0.1, 0.15) is 11.5 Å². The van der Waals surface area contributed by atoms with Gasteiger partial charge >= 0.3 is 0 Å². The first kappa shape index (κ1) is 18.2. The Morgan fingerprint density at radius 2 is 1.65 bits per heavy atom. The molecular formula is C19H21FN4O2. The lowest BCUT2D eigenvalue weighted by Gasteiger charge is -2.09. The molecule has 0 bridgehead atoms. The van der Waals surface area contributed by atoms with E-state index in [0.717, 1.165) is 16.8 Å². The number of hydrogen-bond acceptors (Lipinski definition) is 5. The van der Waals surface area contributed by atoms with E-state index in [1.807, 2.05) is 19.1 Å². The van der Waals surface area contributed by atoms with Gasteiger partial charge in [0, 0.05) is 30.1 Å². The van der Waals surface area contributed by atoms with E-state index in [0.29, 0.717) is 38.7 Å². The van der Waals surface area contributed by atoms with Crippen molar-refractivity contribution in [3.05, 3.63) is 54.6 Å². The maximum Gasteiger partial charge on any atom is 0.123 e. The van der Waals surface area contributed by atoms with E-state index in [1.54, 1.807) is 29.2 Å². The molecule has 0 atom stereocenters. The minimum Gasteiger partial charge on any atom is -0.379 e. The van der Waals surface area contributed by atoms with Gasteiger partial charge in [0.05, 0.1) is 32.1 Å². The second-order valence-corrected chi connectivity index (χ2v) is 5.56. The van der Waals surface area contributed by atoms with Crippen LogP contribution in [0.2, 0.25) is 0 Å². The molecule has 0 aliphatic heterocycles. The summed E-state index contributed by atoms with van der Waals surface area (Å²) in [4.78, 5) is 4.06. The van der Waals surface area contributed by atoms with Gasteiger partial charge in [-0.1, -0.05) is 5.21 Å². The molecule has 6 nitrogen and oxygen atoms in total. The van der Waals surface area contributed by atoms with Crippen molar-refractivity contribution in [3.8, 4) is 22.5 Å². The molecule has 26 heavy (non-hydrogen) atoms. The SMILES string of the molecule is CCOCCOCCn1nnc(-c2ccc(F)cc2)c1-c1ccncc1. The molecule has 0 spiro atoms. The number of ether oxygens (including phenoxy) is 2. The van der Waals surface area contributed by atoms with E-state index in [2.05, 4.69) is 15.3 Å². The minimum absolute atomic E-state index is 0.283. The van der Waals surface area contributed by atoms with Crippen LogP contribution in [0.3, 0.4) is 0 Å². The Bertz CT molecular complexity index is 806. The van der Waals surface area contributed by atoms with Gasteiger partial charge in [-0.25, -0.2) is 9.07 Å². The van der Waals surface area contributed by atoms with Gasteiger partial charge < -0.3 is 9.47 Å². The molecule has 7 heteroatoms. The first-order valence-corrected chi connectivity index (χ1v) is 8.55. The maximum atomic E-state index is 13.2. The molecule has 3 aromatic rings. The molecule has 0 fully saturated rings. The third-order valence-electron chi connectivity index (χ3n) is 3.83. The van der Waals surface area contributed by atoms with Crippen molar-refractivity contribution in [2.24, 2.45) is 0 Å². The molecular weight excluding hydrogens is 335 g/mol. The zero-order valence-corrected chi connectivity index (χ0v) is 14.6. The van der Waals surface area contributed by atoms with E-state index >= 15 is 0 Å². The Morgan fingerprint density at radius 3 is 2.38 bits per heavy atom. The number of rotatable bonds is 9. The number of nitrogens with zero attached hydrogens (tertiary/aromatic N) is 4. The van der Waals surface area contributed by atoms with Crippen LogP contribution in [0.5, 0.6) is 0 Å². The average Bonchev–Trinajstić information content (AvgIpc) is 3.10. The second-order valence-electron chi connectivity index (χ2n) is 5.56. The van der Waals surface area contributed by atoms with E-state index in [1.165, 1.54) is 12.1 Å². The number of benzene rings is 1. The molecule has 3 rings (SSSR count). The van der Waals surface area contributed by atoms with Crippen molar-refractivity contribution < 1.29 is 13.9 Å². The third kappa shape index (κ3) is 4.50. The number of pyridine rings is 1. The van der Waals surface area contributed by atoms with Crippen molar-refractivity contribution in [1.29, 1.82) is 0 Å². The van der Waals surface area contributed by atoms with Crippen LogP contribution in [-0.4, -0.2) is 46.4 Å². The molecule has 0 saturated heterocycles. The van der Waals surface area contributed by atoms with Crippen molar-refractivity contribution >= 4 is 0 Å². The Kier molecular flexibility index (Phi) is 6.40. The first-order chi connectivity index (χ1) is 12.8. The Morgan fingerprint density at radius 1 is 0.923 bits per heavy atom. The summed E-state index contributed by atoms with van der Waals surface area (Å²) in [6, 6.07) is 10.0. The predicted octanol–water partition coefficient (Wildman–Crippen LogP) is 3.20. The second kappa shape index (κ2) is 9.17. The van der Waals surface area contributed by atoms with Crippen molar-refractivity contribution in [3.63, 3.8) is 0 Å². The summed E-state index contributed by atoms with van der Waals surface area (Å²) in [5, 5.41) is 8.58. The molecule has 1 aromatic carbocycles. The zero-order valence-electron chi connectivity index (χ0n) is 14.6. The van der Waals surface area contributed by atoms with Gasteiger partial charge in [0.25, 0.3) is 0 Å². The van der Waals surface area contributed by atoms with Crippen LogP contribution in [-0.2, 0) is 16.0 Å². The minimum atomic E-state index is -0.283. The highest BCUT2D eigenvalue weighted by molar-refractivity contribution is 5.77. The van der Waals surface area contributed by atoms with Crippen LogP contribution in [0, 0.1) is 5.82 Å². The van der Waals surface area contributed by atoms with Crippen molar-refractivity contribution in [1.82, 2.24) is 20.0 Å². The van der Waals surface area contributed by atoms with Crippen LogP contribution in [0.15, 0.2) is 48.8 Å². The van der Waals surface area contributed by atoms with E-state index in [9.17, 15) is 4.39 Å². The molecule has 0 unspecified atom stereocenters. The molecule has 0 aliphatic carbocycles. The molecule has 0 N–H and O–H groups in total. The fourth-order valence-electron chi connectivity index (χ4n) is 2.58. The number of halogens is 1. The third-order valence-corrected chi connectivity index (χ3v) is 3.83. The molecule has 136 valence electrons. The van der Waals surface area contributed by atoms with Crippen molar-refractivity contribution in [2.45, 2.75) is 13.5 Å². The van der Waals surface area contributed by atoms with E-state index in [4.69, 9.17) is 9.47 Å². The average molecular weight is 356 g/mol. The molecule has 2 aromatic heterocycles. The topological polar surface area (TPSA) is 62.1 Å². The predicted molar refractivity (Wildman–Crippen MR) is 96.0 cm³/mol. The number of aromatic nitrogens is 4. The summed E-state index contributed by atoms with van der Waals surface area (Å²) < 4.78 is 25.9. The van der Waals surface area contributed by atoms with Crippen LogP contribution < -0.4 is 0 Å². The molecule has 0 amide bonds. The molecule has 2 heterocycles. The number of hydrogen-bond donors (Lipinski definition) is 0. The lowest BCUT2D eigenvalue weighted by Crippen LogP contribution is -2.12. The maximum absolute atomic E-state index is 13.2. The van der Waals surface area contributed by atoms with Crippen molar-refractivity contribution in [2.75, 3.05) is 26.4 Å². The standard InChI is InChI=1S/C19H21FN4O2/c1-2-25-13-14-26-12-11-24-19(16-7-9-21-10-8-16)18(22-23-24)15-3-5-17(20)6-4-15/h3-10H,2,11-14H2,1H3. The molecule has 0 saturated carbocycles. The molecule has 0 radical (unpaired) electrons. The fraction of sp³-hybridized carbons (Fsp3) is 0.316. The fourth-order valence-corrected chi connectivity index (χ4v) is 2.58. The lowest BCUT2D eigenvalue weighted by atomic mass is 10.1. The summed E-state index contributed by atoms with van der Waals surface area (Å²) in [5.41, 5.74) is 3.30. The smallest absolute Gasteiger partial charge is 0.123 e. The normalized spacial score (nSPS) is 11.0. The Hall–Kier alpha value is -2.64. The van der Waals surface area contributed by atoms with Gasteiger partial charge in [-0.05, 0) is 43.3 Å². The van der Waals surface area contributed by atoms with Crippen LogP contribution in [0.1, 0.15) is 6.92 Å². The Balaban J connectivity index is 1.82. The first-order valence-electron chi connectivity index (χ1n) is 8.55. The van der Waals surface area contributed by atoms with E-state index < -0.39 is 0 Å². The van der Waals surface area contributed by atoms with Gasteiger partial charge in [-0.15, -0.1) is 5.10 Å². The molecule has 0 aliphatic rings. The highest BCUT2D eigenvalue weighted by atomic mass is 19.1. The van der Waals surface area contributed by atoms with Gasteiger partial charge in [-0.3, -0.25) is 4.98 Å². The Labute approximate surface area is 151 Å². The highest BCUT2D eigenvalue weighted by Gasteiger charge is 2.16. The van der Waals surface area contributed by atoms with Crippen LogP contribution >= 0.6 is 0 Å². The van der Waals surface area contributed by atoms with Gasteiger partial charge in [-0.2, -0.15) is 0 Å². The monoisotopic (exact) mass is 356 g/mol.